The van der Waals surface area contributed by atoms with Crippen LogP contribution in [0, 0.1) is 0 Å². The monoisotopic (exact) mass is 440 g/mol. The number of thioether (sulfide) groups is 1. The lowest BCUT2D eigenvalue weighted by Gasteiger charge is -2.13. The van der Waals surface area contributed by atoms with Crippen molar-refractivity contribution in [3.8, 4) is 11.4 Å². The maximum absolute atomic E-state index is 13.0. The van der Waals surface area contributed by atoms with Crippen LogP contribution in [0.1, 0.15) is 30.2 Å². The summed E-state index contributed by atoms with van der Waals surface area (Å²) in [4.78, 5) is 13.4. The Morgan fingerprint density at radius 2 is 2.00 bits per heavy atom. The van der Waals surface area contributed by atoms with Gasteiger partial charge < -0.3 is 9.88 Å². The summed E-state index contributed by atoms with van der Waals surface area (Å²) in [6, 6.07) is 6.95. The number of carbonyl (C=O) groups excluding carboxylic acids is 1. The molecule has 3 aromatic rings. The highest BCUT2D eigenvalue weighted by molar-refractivity contribution is 7.99. The molecule has 0 saturated heterocycles. The second-order valence-corrected chi connectivity index (χ2v) is 8.52. The minimum atomic E-state index is -4.54. The first kappa shape index (κ1) is 21.4. The van der Waals surface area contributed by atoms with E-state index in [1.165, 1.54) is 23.1 Å². The predicted molar refractivity (Wildman–Crippen MR) is 109 cm³/mol. The number of carbonyl (C=O) groups is 1. The molecule has 3 rings (SSSR count). The second-order valence-electron chi connectivity index (χ2n) is 6.64. The number of alkyl halides is 3. The summed E-state index contributed by atoms with van der Waals surface area (Å²) >= 11 is 2.77. The molecule has 2 heterocycles. The zero-order chi connectivity index (χ0) is 21.2. The van der Waals surface area contributed by atoms with E-state index >= 15 is 0 Å². The topological polar surface area (TPSA) is 59.8 Å². The van der Waals surface area contributed by atoms with E-state index in [4.69, 9.17) is 0 Å². The Kier molecular flexibility index (Phi) is 6.33. The minimum Gasteiger partial charge on any atom is -0.325 e. The van der Waals surface area contributed by atoms with Gasteiger partial charge in [-0.2, -0.15) is 13.2 Å². The summed E-state index contributed by atoms with van der Waals surface area (Å²) < 4.78 is 40.9. The maximum atomic E-state index is 13.0. The van der Waals surface area contributed by atoms with Crippen molar-refractivity contribution in [3.05, 3.63) is 46.2 Å². The lowest BCUT2D eigenvalue weighted by molar-refractivity contribution is -0.137. The van der Waals surface area contributed by atoms with E-state index < -0.39 is 17.6 Å². The van der Waals surface area contributed by atoms with Crippen molar-refractivity contribution in [1.82, 2.24) is 14.8 Å². The van der Waals surface area contributed by atoms with Crippen molar-refractivity contribution >= 4 is 34.7 Å². The van der Waals surface area contributed by atoms with Gasteiger partial charge in [0, 0.05) is 22.9 Å². The molecule has 5 nitrogen and oxygen atoms in total. The van der Waals surface area contributed by atoms with Gasteiger partial charge in [-0.1, -0.05) is 37.7 Å². The van der Waals surface area contributed by atoms with E-state index in [0.717, 1.165) is 23.4 Å². The van der Waals surface area contributed by atoms with Gasteiger partial charge in [0.05, 0.1) is 17.0 Å². The molecule has 154 valence electrons. The van der Waals surface area contributed by atoms with Gasteiger partial charge in [0.2, 0.25) is 5.91 Å². The Morgan fingerprint density at radius 3 is 2.66 bits per heavy atom. The quantitative estimate of drug-likeness (QED) is 0.520. The Hall–Kier alpha value is -2.33. The summed E-state index contributed by atoms with van der Waals surface area (Å²) in [6.45, 7) is 4.23. The van der Waals surface area contributed by atoms with Gasteiger partial charge in [0.15, 0.2) is 11.0 Å². The number of nitrogens with zero attached hydrogens (tertiary/aromatic N) is 3. The molecule has 2 aromatic heterocycles. The molecule has 0 saturated carbocycles. The first-order chi connectivity index (χ1) is 13.7. The molecule has 0 bridgehead atoms. The fourth-order valence-corrected chi connectivity index (χ4v) is 4.24. The molecule has 0 radical (unpaired) electrons. The smallest absolute Gasteiger partial charge is 0.325 e. The molecule has 0 atom stereocenters. The van der Waals surface area contributed by atoms with Crippen LogP contribution >= 0.6 is 23.1 Å². The van der Waals surface area contributed by atoms with Crippen LogP contribution in [-0.4, -0.2) is 26.4 Å². The first-order valence-electron chi connectivity index (χ1n) is 8.74. The number of rotatable bonds is 6. The number of hydrogen-bond acceptors (Lipinski definition) is 5. The molecule has 0 spiro atoms. The predicted octanol–water partition coefficient (Wildman–Crippen LogP) is 5.42. The van der Waals surface area contributed by atoms with Crippen LogP contribution in [0.3, 0.4) is 0 Å². The normalized spacial score (nSPS) is 11.8. The highest BCUT2D eigenvalue weighted by Crippen LogP contribution is 2.35. The van der Waals surface area contributed by atoms with E-state index in [0.29, 0.717) is 16.9 Å². The van der Waals surface area contributed by atoms with E-state index in [1.807, 2.05) is 5.38 Å². The Labute approximate surface area is 174 Å². The lowest BCUT2D eigenvalue weighted by Crippen LogP contribution is -2.18. The van der Waals surface area contributed by atoms with E-state index in [9.17, 15) is 18.0 Å². The van der Waals surface area contributed by atoms with Gasteiger partial charge in [-0.25, -0.2) is 0 Å². The highest BCUT2D eigenvalue weighted by Gasteiger charge is 2.33. The second kappa shape index (κ2) is 8.58. The van der Waals surface area contributed by atoms with Gasteiger partial charge in [-0.3, -0.25) is 4.79 Å². The summed E-state index contributed by atoms with van der Waals surface area (Å²) in [5, 5.41) is 13.1. The summed E-state index contributed by atoms with van der Waals surface area (Å²) in [6.07, 6.45) is -4.54. The molecule has 1 aromatic carbocycles. The molecule has 0 unspecified atom stereocenters. The number of amides is 1. The summed E-state index contributed by atoms with van der Waals surface area (Å²) in [5.41, 5.74) is -0.189. The number of nitrogens with one attached hydrogen (secondary N) is 1. The third kappa shape index (κ3) is 4.99. The SMILES string of the molecule is CC(C)c1cc(-c2nnc(SCC(=O)Nc3ccccc3C(F)(F)F)n2C)cs1. The van der Waals surface area contributed by atoms with Gasteiger partial charge in [0.1, 0.15) is 0 Å². The number of para-hydroxylation sites is 1. The van der Waals surface area contributed by atoms with Crippen LogP contribution in [0.2, 0.25) is 0 Å². The fraction of sp³-hybridized carbons (Fsp3) is 0.316. The molecular formula is C19H19F3N4OS2. The number of hydrogen-bond donors (Lipinski definition) is 1. The van der Waals surface area contributed by atoms with Crippen LogP contribution < -0.4 is 5.32 Å². The van der Waals surface area contributed by atoms with Gasteiger partial charge in [-0.05, 0) is 24.1 Å². The third-order valence-corrected chi connectivity index (χ3v) is 6.37. The Balaban J connectivity index is 1.67. The zero-order valence-corrected chi connectivity index (χ0v) is 17.6. The van der Waals surface area contributed by atoms with Gasteiger partial charge >= 0.3 is 6.18 Å². The van der Waals surface area contributed by atoms with Crippen molar-refractivity contribution < 1.29 is 18.0 Å². The number of aromatic nitrogens is 3. The molecular weight excluding hydrogens is 421 g/mol. The van der Waals surface area contributed by atoms with Crippen molar-refractivity contribution in [2.45, 2.75) is 31.1 Å². The van der Waals surface area contributed by atoms with Gasteiger partial charge in [-0.15, -0.1) is 21.5 Å². The molecule has 0 fully saturated rings. The molecule has 29 heavy (non-hydrogen) atoms. The highest BCUT2D eigenvalue weighted by atomic mass is 32.2. The van der Waals surface area contributed by atoms with Crippen LogP contribution in [0.25, 0.3) is 11.4 Å². The van der Waals surface area contributed by atoms with Crippen molar-refractivity contribution in [3.63, 3.8) is 0 Å². The minimum absolute atomic E-state index is 0.0843. The zero-order valence-electron chi connectivity index (χ0n) is 15.9. The Bertz CT molecular complexity index is 1010. The average molecular weight is 441 g/mol. The van der Waals surface area contributed by atoms with Crippen LogP contribution in [-0.2, 0) is 18.0 Å². The van der Waals surface area contributed by atoms with Crippen LogP contribution in [0.15, 0.2) is 40.9 Å². The van der Waals surface area contributed by atoms with Gasteiger partial charge in [0.25, 0.3) is 0 Å². The molecule has 0 aliphatic carbocycles. The number of thiophene rings is 1. The summed E-state index contributed by atoms with van der Waals surface area (Å²) in [5.74, 6) is 0.463. The maximum Gasteiger partial charge on any atom is 0.418 e. The van der Waals surface area contributed by atoms with E-state index in [1.54, 1.807) is 23.0 Å². The average Bonchev–Trinajstić information content (AvgIpc) is 3.26. The standard InChI is InChI=1S/C19H19F3N4OS2/c1-11(2)15-8-12(9-28-15)17-24-25-18(26(17)3)29-10-16(27)23-14-7-5-4-6-13(14)19(20,21)22/h4-9,11H,10H2,1-3H3,(H,23,27). The molecule has 0 aliphatic rings. The number of benzene rings is 1. The molecule has 0 aliphatic heterocycles. The fourth-order valence-electron chi connectivity index (χ4n) is 2.62. The van der Waals surface area contributed by atoms with E-state index in [-0.39, 0.29) is 11.4 Å². The van der Waals surface area contributed by atoms with E-state index in [2.05, 4.69) is 35.4 Å². The van der Waals surface area contributed by atoms with Crippen molar-refractivity contribution in [2.24, 2.45) is 7.05 Å². The van der Waals surface area contributed by atoms with Crippen LogP contribution in [0.4, 0.5) is 18.9 Å². The number of halogens is 3. The first-order valence-corrected chi connectivity index (χ1v) is 10.6. The Morgan fingerprint density at radius 1 is 1.28 bits per heavy atom. The lowest BCUT2D eigenvalue weighted by atomic mass is 10.1. The van der Waals surface area contributed by atoms with Crippen molar-refractivity contribution in [2.75, 3.05) is 11.1 Å². The largest absolute Gasteiger partial charge is 0.418 e. The third-order valence-electron chi connectivity index (χ3n) is 4.12. The molecule has 10 heteroatoms. The number of anilines is 1. The molecule has 1 N–H and O–H groups in total. The summed E-state index contributed by atoms with van der Waals surface area (Å²) in [7, 11) is 1.79. The van der Waals surface area contributed by atoms with Crippen molar-refractivity contribution in [1.29, 1.82) is 0 Å². The van der Waals surface area contributed by atoms with Crippen LogP contribution in [0.5, 0.6) is 0 Å². The molecule has 1 amide bonds.